The lowest BCUT2D eigenvalue weighted by Gasteiger charge is -2.14. The summed E-state index contributed by atoms with van der Waals surface area (Å²) < 4.78 is 0. The molecular formula is C23H16N4OS2. The Bertz CT molecular complexity index is 1310. The van der Waals surface area contributed by atoms with Crippen LogP contribution in [0.15, 0.2) is 82.7 Å². The first-order valence-electron chi connectivity index (χ1n) is 9.35. The SMILES string of the molecule is Cc1nnc(/N=C2/S/C(=C\c3cccc4ccccc34)C(=O)N2c2ccccc2)s1. The molecule has 1 amide bonds. The number of amides is 1. The summed E-state index contributed by atoms with van der Waals surface area (Å²) >= 11 is 2.76. The van der Waals surface area contributed by atoms with Crippen LogP contribution in [0.4, 0.5) is 10.8 Å². The van der Waals surface area contributed by atoms with Gasteiger partial charge in [0.25, 0.3) is 5.91 Å². The average Bonchev–Trinajstić information content (AvgIpc) is 3.31. The number of hydrogen-bond acceptors (Lipinski definition) is 6. The number of nitrogens with zero attached hydrogens (tertiary/aromatic N) is 4. The summed E-state index contributed by atoms with van der Waals surface area (Å²) in [5, 5.41) is 12.3. The quantitative estimate of drug-likeness (QED) is 0.387. The summed E-state index contributed by atoms with van der Waals surface area (Å²) in [6, 6.07) is 23.8. The minimum Gasteiger partial charge on any atom is -0.268 e. The maximum absolute atomic E-state index is 13.4. The van der Waals surface area contributed by atoms with Gasteiger partial charge in [-0.2, -0.15) is 4.99 Å². The molecule has 0 spiro atoms. The van der Waals surface area contributed by atoms with E-state index >= 15 is 0 Å². The number of carbonyl (C=O) groups is 1. The largest absolute Gasteiger partial charge is 0.271 e. The van der Waals surface area contributed by atoms with Gasteiger partial charge in [-0.1, -0.05) is 72.0 Å². The molecule has 3 aromatic carbocycles. The Kier molecular flexibility index (Phi) is 4.90. The molecule has 2 heterocycles. The van der Waals surface area contributed by atoms with Crippen LogP contribution in [-0.2, 0) is 4.79 Å². The lowest BCUT2D eigenvalue weighted by Crippen LogP contribution is -2.28. The molecule has 1 saturated heterocycles. The second-order valence-corrected chi connectivity index (χ2v) is 8.82. The summed E-state index contributed by atoms with van der Waals surface area (Å²) in [5.41, 5.74) is 1.78. The zero-order valence-corrected chi connectivity index (χ0v) is 17.7. The number of aromatic nitrogens is 2. The Hall–Kier alpha value is -3.29. The Morgan fingerprint density at radius 2 is 1.70 bits per heavy atom. The first-order valence-corrected chi connectivity index (χ1v) is 11.0. The molecular weight excluding hydrogens is 412 g/mol. The van der Waals surface area contributed by atoms with Gasteiger partial charge >= 0.3 is 0 Å². The molecule has 1 aromatic heterocycles. The third kappa shape index (κ3) is 3.53. The van der Waals surface area contributed by atoms with Crippen molar-refractivity contribution in [2.45, 2.75) is 6.92 Å². The van der Waals surface area contributed by atoms with Crippen LogP contribution in [-0.4, -0.2) is 21.3 Å². The highest BCUT2D eigenvalue weighted by Crippen LogP contribution is 2.38. The molecule has 1 fully saturated rings. The molecule has 7 heteroatoms. The van der Waals surface area contributed by atoms with Crippen LogP contribution in [0.25, 0.3) is 16.8 Å². The minimum atomic E-state index is -0.0980. The monoisotopic (exact) mass is 428 g/mol. The molecule has 5 nitrogen and oxygen atoms in total. The number of rotatable bonds is 3. The van der Waals surface area contributed by atoms with Crippen LogP contribution in [0, 0.1) is 6.92 Å². The first kappa shape index (κ1) is 18.7. The molecule has 4 aromatic rings. The molecule has 1 aliphatic rings. The smallest absolute Gasteiger partial charge is 0.268 e. The number of benzene rings is 3. The highest BCUT2D eigenvalue weighted by atomic mass is 32.2. The zero-order chi connectivity index (χ0) is 20.5. The molecule has 30 heavy (non-hydrogen) atoms. The van der Waals surface area contributed by atoms with Gasteiger partial charge in [-0.25, -0.2) is 0 Å². The van der Waals surface area contributed by atoms with Crippen molar-refractivity contribution < 1.29 is 4.79 Å². The Balaban J connectivity index is 1.61. The van der Waals surface area contributed by atoms with E-state index in [9.17, 15) is 4.79 Å². The van der Waals surface area contributed by atoms with Gasteiger partial charge in [0.15, 0.2) is 5.17 Å². The number of fused-ring (bicyclic) bond motifs is 1. The van der Waals surface area contributed by atoms with Gasteiger partial charge in [0, 0.05) is 0 Å². The number of carbonyl (C=O) groups excluding carboxylic acids is 1. The fraction of sp³-hybridized carbons (Fsp3) is 0.0435. The summed E-state index contributed by atoms with van der Waals surface area (Å²) in [6.45, 7) is 1.88. The number of anilines is 1. The molecule has 146 valence electrons. The molecule has 0 unspecified atom stereocenters. The second kappa shape index (κ2) is 7.85. The van der Waals surface area contributed by atoms with Gasteiger partial charge in [0.05, 0.1) is 10.6 Å². The van der Waals surface area contributed by atoms with Crippen molar-refractivity contribution in [3.63, 3.8) is 0 Å². The van der Waals surface area contributed by atoms with E-state index in [4.69, 9.17) is 0 Å². The maximum atomic E-state index is 13.4. The predicted molar refractivity (Wildman–Crippen MR) is 125 cm³/mol. The van der Waals surface area contributed by atoms with E-state index < -0.39 is 0 Å². The van der Waals surface area contributed by atoms with Gasteiger partial charge < -0.3 is 0 Å². The molecule has 0 radical (unpaired) electrons. The maximum Gasteiger partial charge on any atom is 0.271 e. The molecule has 0 aliphatic carbocycles. The minimum absolute atomic E-state index is 0.0980. The van der Waals surface area contributed by atoms with E-state index in [1.807, 2.05) is 67.6 Å². The van der Waals surface area contributed by atoms with Crippen LogP contribution in [0.1, 0.15) is 10.6 Å². The summed E-state index contributed by atoms with van der Waals surface area (Å²) in [4.78, 5) is 20.3. The standard InChI is InChI=1S/C23H16N4OS2/c1-15-25-26-22(29-15)24-23-27(18-11-3-2-4-12-18)21(28)20(30-23)14-17-10-7-9-16-8-5-6-13-19(16)17/h2-14H,1H3/b20-14-,24-23+. The van der Waals surface area contributed by atoms with Crippen molar-refractivity contribution >= 4 is 61.8 Å². The van der Waals surface area contributed by atoms with Crippen molar-refractivity contribution in [2.75, 3.05) is 4.90 Å². The predicted octanol–water partition coefficient (Wildman–Crippen LogP) is 5.81. The van der Waals surface area contributed by atoms with E-state index in [1.165, 1.54) is 23.1 Å². The number of thioether (sulfide) groups is 1. The summed E-state index contributed by atoms with van der Waals surface area (Å²) in [7, 11) is 0. The highest BCUT2D eigenvalue weighted by Gasteiger charge is 2.35. The van der Waals surface area contributed by atoms with Crippen LogP contribution < -0.4 is 4.90 Å². The van der Waals surface area contributed by atoms with E-state index in [-0.39, 0.29) is 5.91 Å². The number of aryl methyl sites for hydroxylation is 1. The zero-order valence-electron chi connectivity index (χ0n) is 16.0. The normalized spacial score (nSPS) is 16.8. The van der Waals surface area contributed by atoms with Crippen LogP contribution in [0.5, 0.6) is 0 Å². The topological polar surface area (TPSA) is 58.5 Å². The lowest BCUT2D eigenvalue weighted by molar-refractivity contribution is -0.113. The highest BCUT2D eigenvalue weighted by molar-refractivity contribution is 8.19. The van der Waals surface area contributed by atoms with Gasteiger partial charge in [-0.05, 0) is 53.2 Å². The Morgan fingerprint density at radius 1 is 0.933 bits per heavy atom. The van der Waals surface area contributed by atoms with Crippen LogP contribution >= 0.6 is 23.1 Å². The fourth-order valence-corrected chi connectivity index (χ4v) is 4.87. The Labute approximate surface area is 181 Å². The van der Waals surface area contributed by atoms with E-state index in [1.54, 1.807) is 4.90 Å². The van der Waals surface area contributed by atoms with Crippen molar-refractivity contribution in [3.05, 3.63) is 88.3 Å². The summed E-state index contributed by atoms with van der Waals surface area (Å²) in [6.07, 6.45) is 1.94. The Morgan fingerprint density at radius 3 is 2.50 bits per heavy atom. The first-order chi connectivity index (χ1) is 14.7. The number of para-hydroxylation sites is 1. The number of hydrogen-bond donors (Lipinski definition) is 0. The van der Waals surface area contributed by atoms with Gasteiger partial charge in [0.1, 0.15) is 5.01 Å². The molecule has 0 N–H and O–H groups in total. The fourth-order valence-electron chi connectivity index (χ4n) is 3.28. The van der Waals surface area contributed by atoms with Crippen LogP contribution in [0.2, 0.25) is 0 Å². The van der Waals surface area contributed by atoms with Crippen LogP contribution in [0.3, 0.4) is 0 Å². The number of aliphatic imine (C=N–C) groups is 1. The molecule has 0 bridgehead atoms. The van der Waals surface area contributed by atoms with Gasteiger partial charge in [0.2, 0.25) is 5.13 Å². The van der Waals surface area contributed by atoms with Crippen molar-refractivity contribution in [3.8, 4) is 0 Å². The third-order valence-electron chi connectivity index (χ3n) is 4.64. The molecule has 0 atom stereocenters. The third-order valence-corrected chi connectivity index (χ3v) is 6.34. The number of amidine groups is 1. The molecule has 1 aliphatic heterocycles. The van der Waals surface area contributed by atoms with Crippen molar-refractivity contribution in [2.24, 2.45) is 4.99 Å². The van der Waals surface area contributed by atoms with E-state index in [0.29, 0.717) is 15.2 Å². The molecule has 5 rings (SSSR count). The average molecular weight is 429 g/mol. The molecule has 0 saturated carbocycles. The second-order valence-electron chi connectivity index (χ2n) is 6.65. The van der Waals surface area contributed by atoms with E-state index in [0.717, 1.165) is 27.0 Å². The van der Waals surface area contributed by atoms with E-state index in [2.05, 4.69) is 33.4 Å². The summed E-state index contributed by atoms with van der Waals surface area (Å²) in [5.74, 6) is -0.0980. The lowest BCUT2D eigenvalue weighted by atomic mass is 10.0. The van der Waals surface area contributed by atoms with Crippen molar-refractivity contribution in [1.29, 1.82) is 0 Å². The van der Waals surface area contributed by atoms with Gasteiger partial charge in [-0.15, -0.1) is 10.2 Å². The van der Waals surface area contributed by atoms with Crippen molar-refractivity contribution in [1.82, 2.24) is 10.2 Å². The van der Waals surface area contributed by atoms with Gasteiger partial charge in [-0.3, -0.25) is 9.69 Å².